The number of aryl methyl sites for hydroxylation is 1. The summed E-state index contributed by atoms with van der Waals surface area (Å²) in [6.07, 6.45) is 2.08. The molecule has 6 nitrogen and oxygen atoms in total. The highest BCUT2D eigenvalue weighted by atomic mass is 16.4. The number of nitrogens with one attached hydrogen (secondary N) is 2. The van der Waals surface area contributed by atoms with E-state index in [1.54, 1.807) is 6.92 Å². The van der Waals surface area contributed by atoms with E-state index in [1.165, 1.54) is 12.3 Å². The SMILES string of the molecule is Cc1cc(=O)c(C(=O)NCC(CC(=O)O)CC(C)C)c[nH]1. The number of carbonyl (C=O) groups excluding carboxylic acids is 1. The first-order valence-corrected chi connectivity index (χ1v) is 6.99. The number of aromatic amines is 1. The number of aliphatic carboxylic acids is 1. The lowest BCUT2D eigenvalue weighted by molar-refractivity contribution is -0.138. The van der Waals surface area contributed by atoms with Gasteiger partial charge in [0.05, 0.1) is 0 Å². The minimum Gasteiger partial charge on any atom is -0.481 e. The van der Waals surface area contributed by atoms with E-state index in [4.69, 9.17) is 5.11 Å². The molecular weight excluding hydrogens is 272 g/mol. The van der Waals surface area contributed by atoms with Crippen molar-refractivity contribution in [1.82, 2.24) is 10.3 Å². The summed E-state index contributed by atoms with van der Waals surface area (Å²) in [5, 5.41) is 11.5. The van der Waals surface area contributed by atoms with Gasteiger partial charge in [0.15, 0.2) is 5.43 Å². The smallest absolute Gasteiger partial charge is 0.303 e. The first-order chi connectivity index (χ1) is 9.79. The lowest BCUT2D eigenvalue weighted by Crippen LogP contribution is -2.33. The Hall–Kier alpha value is -2.11. The quantitative estimate of drug-likeness (QED) is 0.710. The molecule has 1 aromatic heterocycles. The Morgan fingerprint density at radius 2 is 2.05 bits per heavy atom. The van der Waals surface area contributed by atoms with Crippen molar-refractivity contribution in [2.75, 3.05) is 6.54 Å². The number of H-pyrrole nitrogens is 1. The average Bonchev–Trinajstić information content (AvgIpc) is 2.34. The number of rotatable bonds is 7. The van der Waals surface area contributed by atoms with E-state index in [9.17, 15) is 14.4 Å². The third-order valence-corrected chi connectivity index (χ3v) is 3.12. The van der Waals surface area contributed by atoms with Gasteiger partial charge in [-0.05, 0) is 25.2 Å². The van der Waals surface area contributed by atoms with Crippen molar-refractivity contribution in [1.29, 1.82) is 0 Å². The summed E-state index contributed by atoms with van der Waals surface area (Å²) in [6, 6.07) is 1.36. The Morgan fingerprint density at radius 3 is 2.57 bits per heavy atom. The number of pyridine rings is 1. The fraction of sp³-hybridized carbons (Fsp3) is 0.533. The molecular formula is C15H22N2O4. The summed E-state index contributed by atoms with van der Waals surface area (Å²) >= 11 is 0. The number of aromatic nitrogens is 1. The molecule has 0 spiro atoms. The normalized spacial score (nSPS) is 12.2. The zero-order chi connectivity index (χ0) is 16.0. The molecule has 0 bridgehead atoms. The molecule has 0 radical (unpaired) electrons. The highest BCUT2D eigenvalue weighted by Gasteiger charge is 2.17. The number of carbonyl (C=O) groups is 2. The van der Waals surface area contributed by atoms with E-state index in [-0.39, 0.29) is 29.9 Å². The lowest BCUT2D eigenvalue weighted by Gasteiger charge is -2.17. The Morgan fingerprint density at radius 1 is 1.38 bits per heavy atom. The van der Waals surface area contributed by atoms with Gasteiger partial charge in [-0.1, -0.05) is 13.8 Å². The molecule has 6 heteroatoms. The zero-order valence-corrected chi connectivity index (χ0v) is 12.6. The molecule has 1 unspecified atom stereocenters. The molecule has 0 saturated heterocycles. The Labute approximate surface area is 123 Å². The molecule has 1 heterocycles. The number of hydrogen-bond donors (Lipinski definition) is 3. The van der Waals surface area contributed by atoms with Crippen LogP contribution in [0, 0.1) is 18.8 Å². The first kappa shape index (κ1) is 16.9. The molecule has 116 valence electrons. The molecule has 1 rings (SSSR count). The minimum atomic E-state index is -0.886. The van der Waals surface area contributed by atoms with Crippen LogP contribution in [0.1, 0.15) is 42.7 Å². The van der Waals surface area contributed by atoms with E-state index in [1.807, 2.05) is 13.8 Å². The van der Waals surface area contributed by atoms with Gasteiger partial charge in [0.1, 0.15) is 5.56 Å². The maximum atomic E-state index is 12.0. The van der Waals surface area contributed by atoms with E-state index < -0.39 is 11.9 Å². The van der Waals surface area contributed by atoms with Crippen molar-refractivity contribution < 1.29 is 14.7 Å². The second-order valence-electron chi connectivity index (χ2n) is 5.70. The molecule has 0 aromatic carbocycles. The number of hydrogen-bond acceptors (Lipinski definition) is 3. The number of amides is 1. The third-order valence-electron chi connectivity index (χ3n) is 3.12. The van der Waals surface area contributed by atoms with Crippen molar-refractivity contribution >= 4 is 11.9 Å². The van der Waals surface area contributed by atoms with E-state index in [0.717, 1.165) is 0 Å². The molecule has 0 aliphatic rings. The van der Waals surface area contributed by atoms with Crippen molar-refractivity contribution in [2.24, 2.45) is 11.8 Å². The van der Waals surface area contributed by atoms with Gasteiger partial charge in [0.2, 0.25) is 0 Å². The zero-order valence-electron chi connectivity index (χ0n) is 12.6. The maximum absolute atomic E-state index is 12.0. The second-order valence-corrected chi connectivity index (χ2v) is 5.70. The van der Waals surface area contributed by atoms with Gasteiger partial charge in [-0.3, -0.25) is 14.4 Å². The van der Waals surface area contributed by atoms with E-state index in [0.29, 0.717) is 18.0 Å². The van der Waals surface area contributed by atoms with Crippen LogP contribution in [0.15, 0.2) is 17.1 Å². The van der Waals surface area contributed by atoms with Crippen molar-refractivity contribution in [2.45, 2.75) is 33.6 Å². The molecule has 21 heavy (non-hydrogen) atoms. The average molecular weight is 294 g/mol. The van der Waals surface area contributed by atoms with Crippen LogP contribution in [0.4, 0.5) is 0 Å². The molecule has 0 aliphatic heterocycles. The molecule has 1 atom stereocenters. The largest absolute Gasteiger partial charge is 0.481 e. The predicted molar refractivity (Wildman–Crippen MR) is 79.3 cm³/mol. The molecule has 0 saturated carbocycles. The molecule has 1 amide bonds. The summed E-state index contributed by atoms with van der Waals surface area (Å²) < 4.78 is 0. The van der Waals surface area contributed by atoms with Crippen LogP contribution in [0.3, 0.4) is 0 Å². The standard InChI is InChI=1S/C15H22N2O4/c1-9(2)4-11(6-14(19)20)7-17-15(21)12-8-16-10(3)5-13(12)18/h5,8-9,11H,4,6-7H2,1-3H3,(H,16,18)(H,17,21)(H,19,20). The fourth-order valence-electron chi connectivity index (χ4n) is 2.24. The van der Waals surface area contributed by atoms with Crippen LogP contribution >= 0.6 is 0 Å². The first-order valence-electron chi connectivity index (χ1n) is 6.99. The highest BCUT2D eigenvalue weighted by molar-refractivity contribution is 5.93. The summed E-state index contributed by atoms with van der Waals surface area (Å²) in [7, 11) is 0. The summed E-state index contributed by atoms with van der Waals surface area (Å²) in [6.45, 7) is 5.98. The monoisotopic (exact) mass is 294 g/mol. The van der Waals surface area contributed by atoms with Crippen molar-refractivity contribution in [3.63, 3.8) is 0 Å². The van der Waals surface area contributed by atoms with E-state index in [2.05, 4.69) is 10.3 Å². The van der Waals surface area contributed by atoms with Gasteiger partial charge in [-0.2, -0.15) is 0 Å². The van der Waals surface area contributed by atoms with Crippen LogP contribution in [0.2, 0.25) is 0 Å². The molecule has 1 aromatic rings. The number of carboxylic acids is 1. The predicted octanol–water partition coefficient (Wildman–Crippen LogP) is 1.55. The van der Waals surface area contributed by atoms with Crippen molar-refractivity contribution in [3.05, 3.63) is 33.7 Å². The summed E-state index contributed by atoms with van der Waals surface area (Å²) in [5.41, 5.74) is 0.377. The van der Waals surface area contributed by atoms with Crippen LogP contribution in [-0.4, -0.2) is 28.5 Å². The molecule has 0 fully saturated rings. The van der Waals surface area contributed by atoms with Gasteiger partial charge in [0.25, 0.3) is 5.91 Å². The lowest BCUT2D eigenvalue weighted by atomic mass is 9.94. The van der Waals surface area contributed by atoms with E-state index >= 15 is 0 Å². The third kappa shape index (κ3) is 5.81. The maximum Gasteiger partial charge on any atom is 0.303 e. The number of carboxylic acid groups (broad SMARTS) is 1. The second kappa shape index (κ2) is 7.61. The summed E-state index contributed by atoms with van der Waals surface area (Å²) in [4.78, 5) is 37.3. The Balaban J connectivity index is 2.68. The van der Waals surface area contributed by atoms with Gasteiger partial charge in [0, 0.05) is 30.9 Å². The minimum absolute atomic E-state index is 0.00269. The van der Waals surface area contributed by atoms with Gasteiger partial charge < -0.3 is 15.4 Å². The van der Waals surface area contributed by atoms with Gasteiger partial charge in [-0.15, -0.1) is 0 Å². The van der Waals surface area contributed by atoms with Crippen LogP contribution in [0.25, 0.3) is 0 Å². The van der Waals surface area contributed by atoms with Crippen LogP contribution in [-0.2, 0) is 4.79 Å². The van der Waals surface area contributed by atoms with Gasteiger partial charge in [-0.25, -0.2) is 0 Å². The topological polar surface area (TPSA) is 99.3 Å². The van der Waals surface area contributed by atoms with Gasteiger partial charge >= 0.3 is 5.97 Å². The van der Waals surface area contributed by atoms with Crippen LogP contribution in [0.5, 0.6) is 0 Å². The summed E-state index contributed by atoms with van der Waals surface area (Å²) in [5.74, 6) is -1.16. The molecule has 3 N–H and O–H groups in total. The van der Waals surface area contributed by atoms with Crippen molar-refractivity contribution in [3.8, 4) is 0 Å². The van der Waals surface area contributed by atoms with Crippen LogP contribution < -0.4 is 10.7 Å². The molecule has 0 aliphatic carbocycles. The Bertz CT molecular complexity index is 563. The Kier molecular flexibility index (Phi) is 6.14. The fourth-order valence-corrected chi connectivity index (χ4v) is 2.24. The highest BCUT2D eigenvalue weighted by Crippen LogP contribution is 2.14.